The normalized spacial score (nSPS) is 11.1. The van der Waals surface area contributed by atoms with Crippen molar-refractivity contribution in [2.45, 2.75) is 20.0 Å². The fourth-order valence-electron chi connectivity index (χ4n) is 2.05. The molecule has 0 fully saturated rings. The monoisotopic (exact) mass is 358 g/mol. The molecule has 2 aromatic carbocycles. The summed E-state index contributed by atoms with van der Waals surface area (Å²) >= 11 is 5.99. The summed E-state index contributed by atoms with van der Waals surface area (Å²) in [6.45, 7) is 3.72. The number of carbonyl (C=O) groups is 1. The van der Waals surface area contributed by atoms with E-state index in [9.17, 15) is 14.4 Å². The van der Waals surface area contributed by atoms with Crippen LogP contribution in [0.3, 0.4) is 0 Å². The van der Waals surface area contributed by atoms with E-state index in [1.807, 2.05) is 19.9 Å². The summed E-state index contributed by atoms with van der Waals surface area (Å²) < 4.78 is 19.3. The summed E-state index contributed by atoms with van der Waals surface area (Å²) in [7, 11) is 0. The Kier molecular flexibility index (Phi) is 6.15. The predicted molar refractivity (Wildman–Crippen MR) is 95.8 cm³/mol. The molecule has 0 atom stereocenters. The fourth-order valence-corrected chi connectivity index (χ4v) is 2.23. The van der Waals surface area contributed by atoms with Gasteiger partial charge in [-0.2, -0.15) is 5.26 Å². The van der Waals surface area contributed by atoms with E-state index in [2.05, 4.69) is 5.32 Å². The second kappa shape index (κ2) is 8.32. The van der Waals surface area contributed by atoms with Crippen molar-refractivity contribution in [1.29, 1.82) is 5.26 Å². The molecular formula is C19H16ClFN2O2. The number of para-hydroxylation sites is 1. The van der Waals surface area contributed by atoms with Gasteiger partial charge >= 0.3 is 0 Å². The summed E-state index contributed by atoms with van der Waals surface area (Å²) in [5.74, 6) is -0.811. The van der Waals surface area contributed by atoms with Crippen molar-refractivity contribution in [2.24, 2.45) is 0 Å². The Morgan fingerprint density at radius 2 is 2.04 bits per heavy atom. The second-order valence-corrected chi connectivity index (χ2v) is 5.89. The quantitative estimate of drug-likeness (QED) is 0.616. The molecule has 25 heavy (non-hydrogen) atoms. The van der Waals surface area contributed by atoms with Crippen molar-refractivity contribution >= 4 is 29.3 Å². The summed E-state index contributed by atoms with van der Waals surface area (Å²) in [6, 6.07) is 12.4. The van der Waals surface area contributed by atoms with Crippen LogP contribution in [0.4, 0.5) is 10.1 Å². The zero-order valence-corrected chi connectivity index (χ0v) is 14.5. The maximum Gasteiger partial charge on any atom is 0.266 e. The van der Waals surface area contributed by atoms with Gasteiger partial charge in [-0.25, -0.2) is 4.39 Å². The standard InChI is InChI=1S/C19H16ClFN2O2/c1-12(2)25-18-8-7-15(20)10-13(18)9-14(11-22)19(24)23-17-6-4-3-5-16(17)21/h3-10,12H,1-2H3,(H,23,24)/b14-9+. The number of hydrogen-bond donors (Lipinski definition) is 1. The van der Waals surface area contributed by atoms with Gasteiger partial charge < -0.3 is 10.1 Å². The van der Waals surface area contributed by atoms with Gasteiger partial charge in [-0.15, -0.1) is 0 Å². The molecule has 0 bridgehead atoms. The summed E-state index contributed by atoms with van der Waals surface area (Å²) in [6.07, 6.45) is 1.27. The fraction of sp³-hybridized carbons (Fsp3) is 0.158. The van der Waals surface area contributed by atoms with E-state index in [-0.39, 0.29) is 17.4 Å². The third-order valence-electron chi connectivity index (χ3n) is 3.12. The highest BCUT2D eigenvalue weighted by Gasteiger charge is 2.14. The van der Waals surface area contributed by atoms with Crippen molar-refractivity contribution in [3.05, 3.63) is 64.4 Å². The van der Waals surface area contributed by atoms with Crippen molar-refractivity contribution in [2.75, 3.05) is 5.32 Å². The smallest absolute Gasteiger partial charge is 0.266 e. The van der Waals surface area contributed by atoms with Crippen LogP contribution in [0.5, 0.6) is 5.75 Å². The van der Waals surface area contributed by atoms with Crippen molar-refractivity contribution in [3.63, 3.8) is 0 Å². The molecule has 4 nitrogen and oxygen atoms in total. The highest BCUT2D eigenvalue weighted by Crippen LogP contribution is 2.26. The zero-order chi connectivity index (χ0) is 18.4. The number of hydrogen-bond acceptors (Lipinski definition) is 3. The molecule has 0 aromatic heterocycles. The number of rotatable bonds is 5. The summed E-state index contributed by atoms with van der Waals surface area (Å²) in [5, 5.41) is 12.1. The number of ether oxygens (including phenoxy) is 1. The molecule has 6 heteroatoms. The number of anilines is 1. The third kappa shape index (κ3) is 5.07. The van der Waals surface area contributed by atoms with Crippen LogP contribution in [0.2, 0.25) is 5.02 Å². The van der Waals surface area contributed by atoms with E-state index < -0.39 is 11.7 Å². The molecule has 0 radical (unpaired) electrons. The summed E-state index contributed by atoms with van der Waals surface area (Å²) in [4.78, 5) is 12.3. The first kappa shape index (κ1) is 18.5. The number of amides is 1. The molecule has 0 aliphatic rings. The molecule has 128 valence electrons. The number of nitrogens with zero attached hydrogens (tertiary/aromatic N) is 1. The van der Waals surface area contributed by atoms with Crippen molar-refractivity contribution in [1.82, 2.24) is 0 Å². The number of nitriles is 1. The Morgan fingerprint density at radius 3 is 2.68 bits per heavy atom. The largest absolute Gasteiger partial charge is 0.490 e. The van der Waals surface area contributed by atoms with Crippen LogP contribution in [0, 0.1) is 17.1 Å². The van der Waals surface area contributed by atoms with E-state index in [0.717, 1.165) is 0 Å². The van der Waals surface area contributed by atoms with E-state index in [1.165, 1.54) is 24.3 Å². The van der Waals surface area contributed by atoms with E-state index in [0.29, 0.717) is 16.3 Å². The van der Waals surface area contributed by atoms with Crippen LogP contribution < -0.4 is 10.1 Å². The maximum absolute atomic E-state index is 13.7. The lowest BCUT2D eigenvalue weighted by Gasteiger charge is -2.13. The minimum atomic E-state index is -0.719. The molecule has 2 rings (SSSR count). The topological polar surface area (TPSA) is 62.1 Å². The predicted octanol–water partition coefficient (Wildman–Crippen LogP) is 4.81. The molecule has 2 aromatic rings. The van der Waals surface area contributed by atoms with Gasteiger partial charge in [-0.3, -0.25) is 4.79 Å². The van der Waals surface area contributed by atoms with Crippen LogP contribution in [0.15, 0.2) is 48.0 Å². The molecule has 0 aliphatic carbocycles. The third-order valence-corrected chi connectivity index (χ3v) is 3.36. The highest BCUT2D eigenvalue weighted by molar-refractivity contribution is 6.30. The van der Waals surface area contributed by atoms with Gasteiger partial charge in [0.1, 0.15) is 23.2 Å². The number of carbonyl (C=O) groups excluding carboxylic acids is 1. The average Bonchev–Trinajstić information content (AvgIpc) is 2.56. The molecule has 0 unspecified atom stereocenters. The minimum absolute atomic E-state index is 0.00148. The summed E-state index contributed by atoms with van der Waals surface area (Å²) in [5.41, 5.74) is 0.291. The molecule has 1 N–H and O–H groups in total. The second-order valence-electron chi connectivity index (χ2n) is 5.45. The van der Waals surface area contributed by atoms with Gasteiger partial charge in [0.15, 0.2) is 0 Å². The number of halogens is 2. The molecule has 0 aliphatic heterocycles. The molecule has 1 amide bonds. The van der Waals surface area contributed by atoms with Crippen LogP contribution >= 0.6 is 11.6 Å². The Morgan fingerprint density at radius 1 is 1.32 bits per heavy atom. The van der Waals surface area contributed by atoms with E-state index >= 15 is 0 Å². The Balaban J connectivity index is 2.34. The molecule has 0 spiro atoms. The molecule has 0 saturated heterocycles. The van der Waals surface area contributed by atoms with Gasteiger partial charge in [-0.05, 0) is 50.3 Å². The Hall–Kier alpha value is -2.84. The minimum Gasteiger partial charge on any atom is -0.490 e. The highest BCUT2D eigenvalue weighted by atomic mass is 35.5. The lowest BCUT2D eigenvalue weighted by Crippen LogP contribution is -2.14. The SMILES string of the molecule is CC(C)Oc1ccc(Cl)cc1/C=C(\C#N)C(=O)Nc1ccccc1F. The van der Waals surface area contributed by atoms with E-state index in [1.54, 1.807) is 24.3 Å². The lowest BCUT2D eigenvalue weighted by atomic mass is 10.1. The first-order valence-electron chi connectivity index (χ1n) is 7.54. The zero-order valence-electron chi connectivity index (χ0n) is 13.7. The number of nitrogens with one attached hydrogen (secondary N) is 1. The van der Waals surface area contributed by atoms with Crippen LogP contribution in [-0.4, -0.2) is 12.0 Å². The first-order valence-corrected chi connectivity index (χ1v) is 7.92. The van der Waals surface area contributed by atoms with Crippen molar-refractivity contribution in [3.8, 4) is 11.8 Å². The molecule has 0 saturated carbocycles. The Labute approximate surface area is 150 Å². The van der Waals surface area contributed by atoms with Crippen molar-refractivity contribution < 1.29 is 13.9 Å². The van der Waals surface area contributed by atoms with E-state index in [4.69, 9.17) is 16.3 Å². The first-order chi connectivity index (χ1) is 11.9. The van der Waals surface area contributed by atoms with Gasteiger partial charge in [0.2, 0.25) is 0 Å². The van der Waals surface area contributed by atoms with Gasteiger partial charge in [-0.1, -0.05) is 23.7 Å². The average molecular weight is 359 g/mol. The molecular weight excluding hydrogens is 343 g/mol. The van der Waals surface area contributed by atoms with Crippen LogP contribution in [0.1, 0.15) is 19.4 Å². The maximum atomic E-state index is 13.7. The molecule has 0 heterocycles. The lowest BCUT2D eigenvalue weighted by molar-refractivity contribution is -0.112. The number of benzene rings is 2. The van der Waals surface area contributed by atoms with Gasteiger partial charge in [0, 0.05) is 10.6 Å². The van der Waals surface area contributed by atoms with Gasteiger partial charge in [0.25, 0.3) is 5.91 Å². The van der Waals surface area contributed by atoms with Crippen LogP contribution in [0.25, 0.3) is 6.08 Å². The van der Waals surface area contributed by atoms with Crippen LogP contribution in [-0.2, 0) is 4.79 Å². The Bertz CT molecular complexity index is 857. The van der Waals surface area contributed by atoms with Gasteiger partial charge in [0.05, 0.1) is 11.8 Å².